The van der Waals surface area contributed by atoms with Gasteiger partial charge in [0.25, 0.3) is 0 Å². The summed E-state index contributed by atoms with van der Waals surface area (Å²) in [6, 6.07) is 6.87. The van der Waals surface area contributed by atoms with Gasteiger partial charge >= 0.3 is 33.0 Å². The predicted molar refractivity (Wildman–Crippen MR) is 50.7 cm³/mol. The third kappa shape index (κ3) is 14.8. The Morgan fingerprint density at radius 1 is 1.00 bits per heavy atom. The minimum Gasteiger partial charge on any atom is -0.392 e. The number of nitrogens with zero attached hydrogens (tertiary/aromatic N) is 1. The van der Waals surface area contributed by atoms with Crippen LogP contribution in [0.2, 0.25) is 0 Å². The van der Waals surface area contributed by atoms with Gasteiger partial charge in [0.1, 0.15) is 0 Å². The molecule has 1 rings (SSSR count). The molecule has 3 nitrogen and oxygen atoms in total. The van der Waals surface area contributed by atoms with E-state index in [4.69, 9.17) is 10.6 Å². The molecule has 0 atom stereocenters. The molecule has 0 unspecified atom stereocenters. The van der Waals surface area contributed by atoms with Crippen molar-refractivity contribution in [2.45, 2.75) is 6.61 Å². The van der Waals surface area contributed by atoms with Crippen LogP contribution >= 0.6 is 7.81 Å². The maximum Gasteiger partial charge on any atom is 0.0850 e. The van der Waals surface area contributed by atoms with Crippen molar-refractivity contribution in [2.75, 3.05) is 0 Å². The smallest absolute Gasteiger partial charge is 0.0850 e. The molecule has 0 aliphatic rings. The summed E-state index contributed by atoms with van der Waals surface area (Å²) in [6.45, 7) is 0.0400. The first-order valence-electron chi connectivity index (χ1n) is 3.95. The Hall–Kier alpha value is -1.21. The van der Waals surface area contributed by atoms with E-state index in [0.29, 0.717) is 5.69 Å². The van der Waals surface area contributed by atoms with Crippen LogP contribution in [0.1, 0.15) is 5.56 Å². The topological polar surface area (TPSA) is 56.4 Å². The van der Waals surface area contributed by atoms with Crippen molar-refractivity contribution >= 4 is 13.5 Å². The van der Waals surface area contributed by atoms with Crippen LogP contribution in [0.5, 0.6) is 0 Å². The van der Waals surface area contributed by atoms with Crippen LogP contribution in [0.15, 0.2) is 29.4 Å². The molecule has 0 amide bonds. The standard InChI is InChI=1S/C7H8N2O.F6P/c8-9-7-3-1-6(5-10)2-4-7;1-7(2,3,4,5)6/h1-4,8,10H,5H2;/q;-1. The van der Waals surface area contributed by atoms with Crippen molar-refractivity contribution in [1.82, 2.24) is 0 Å². The summed E-state index contributed by atoms with van der Waals surface area (Å²) in [5, 5.41) is 11.8. The van der Waals surface area contributed by atoms with E-state index in [0.717, 1.165) is 5.56 Å². The quantitative estimate of drug-likeness (QED) is 0.435. The van der Waals surface area contributed by atoms with E-state index in [-0.39, 0.29) is 6.61 Å². The van der Waals surface area contributed by atoms with Gasteiger partial charge in [-0.05, 0) is 17.7 Å². The van der Waals surface area contributed by atoms with Gasteiger partial charge in [-0.3, -0.25) is 0 Å². The van der Waals surface area contributed by atoms with Crippen LogP contribution in [0.4, 0.5) is 30.9 Å². The fraction of sp³-hybridized carbons (Fsp3) is 0.143. The average Bonchev–Trinajstić information content (AvgIpc) is 2.13. The number of hydrogen-bond acceptors (Lipinski definition) is 3. The zero-order valence-electron chi connectivity index (χ0n) is 8.13. The number of halogens is 6. The average molecular weight is 281 g/mol. The van der Waals surface area contributed by atoms with Crippen molar-refractivity contribution in [3.63, 3.8) is 0 Å². The fourth-order valence-corrected chi connectivity index (χ4v) is 0.676. The molecule has 0 aliphatic heterocycles. The van der Waals surface area contributed by atoms with Gasteiger partial charge in [-0.25, -0.2) is 5.53 Å². The largest absolute Gasteiger partial charge is 0.392 e. The summed E-state index contributed by atoms with van der Waals surface area (Å²) in [7, 11) is -10.7. The number of aliphatic hydroxyl groups is 1. The Bertz CT molecular complexity index is 374. The van der Waals surface area contributed by atoms with Gasteiger partial charge < -0.3 is 5.11 Å². The Kier molecular flexibility index (Phi) is 3.93. The maximum atomic E-state index is 9.87. The third-order valence-electron chi connectivity index (χ3n) is 1.25. The Morgan fingerprint density at radius 3 is 1.59 bits per heavy atom. The molecule has 0 saturated heterocycles. The Labute approximate surface area is 91.8 Å². The first-order chi connectivity index (χ1) is 7.31. The van der Waals surface area contributed by atoms with E-state index >= 15 is 0 Å². The molecule has 10 heteroatoms. The molecule has 0 radical (unpaired) electrons. The molecule has 0 heterocycles. The van der Waals surface area contributed by atoms with Crippen LogP contribution in [0.3, 0.4) is 0 Å². The van der Waals surface area contributed by atoms with Crippen molar-refractivity contribution in [3.05, 3.63) is 29.8 Å². The molecule has 100 valence electrons. The molecule has 0 bridgehead atoms. The first kappa shape index (κ1) is 15.8. The summed E-state index contributed by atoms with van der Waals surface area (Å²) < 4.78 is 59.2. The van der Waals surface area contributed by atoms with Gasteiger partial charge in [-0.1, -0.05) is 12.1 Å². The van der Waals surface area contributed by atoms with Gasteiger partial charge in [-0.15, -0.1) is 0 Å². The van der Waals surface area contributed by atoms with Crippen LogP contribution in [0, 0.1) is 5.53 Å². The molecular weight excluding hydrogens is 273 g/mol. The van der Waals surface area contributed by atoms with Crippen molar-refractivity contribution < 1.29 is 30.3 Å². The first-order valence-corrected chi connectivity index (χ1v) is 5.98. The number of aliphatic hydroxyl groups excluding tert-OH is 1. The van der Waals surface area contributed by atoms with Crippen molar-refractivity contribution in [1.29, 1.82) is 5.53 Å². The Morgan fingerprint density at radius 2 is 1.35 bits per heavy atom. The van der Waals surface area contributed by atoms with Crippen LogP contribution < -0.4 is 0 Å². The molecule has 1 aromatic rings. The molecule has 1 aromatic carbocycles. The number of hydrogen-bond donors (Lipinski definition) is 2. The van der Waals surface area contributed by atoms with Gasteiger partial charge in [0, 0.05) is 0 Å². The van der Waals surface area contributed by atoms with Gasteiger partial charge in [0.2, 0.25) is 0 Å². The Balaban J connectivity index is 0.000000325. The summed E-state index contributed by atoms with van der Waals surface area (Å²) in [5.41, 5.74) is 8.08. The fourth-order valence-electron chi connectivity index (χ4n) is 0.676. The van der Waals surface area contributed by atoms with E-state index in [1.165, 1.54) is 0 Å². The van der Waals surface area contributed by atoms with Gasteiger partial charge in [-0.2, -0.15) is 5.11 Å². The monoisotopic (exact) mass is 281 g/mol. The van der Waals surface area contributed by atoms with E-state index < -0.39 is 7.81 Å². The van der Waals surface area contributed by atoms with E-state index in [1.54, 1.807) is 24.3 Å². The van der Waals surface area contributed by atoms with Crippen molar-refractivity contribution in [3.8, 4) is 0 Å². The van der Waals surface area contributed by atoms with Gasteiger partial charge in [0.15, 0.2) is 0 Å². The van der Waals surface area contributed by atoms with Crippen LogP contribution in [0.25, 0.3) is 0 Å². The second kappa shape index (κ2) is 4.23. The number of nitrogens with one attached hydrogen (secondary N) is 1. The molecule has 0 aromatic heterocycles. The summed E-state index contributed by atoms with van der Waals surface area (Å²) in [5.74, 6) is 0. The second-order valence-electron chi connectivity index (χ2n) is 2.89. The normalized spacial score (nSPS) is 15.0. The number of benzene rings is 1. The molecule has 0 aliphatic carbocycles. The minimum atomic E-state index is -10.7. The summed E-state index contributed by atoms with van der Waals surface area (Å²) >= 11 is 0. The van der Waals surface area contributed by atoms with E-state index in [9.17, 15) is 25.2 Å². The molecule has 0 saturated carbocycles. The summed E-state index contributed by atoms with van der Waals surface area (Å²) in [6.07, 6.45) is 0. The molecule has 0 spiro atoms. The zero-order chi connectivity index (χ0) is 13.8. The zero-order valence-corrected chi connectivity index (χ0v) is 9.02. The van der Waals surface area contributed by atoms with Crippen molar-refractivity contribution in [2.24, 2.45) is 5.11 Å². The molecule has 0 fully saturated rings. The SMILES string of the molecule is F[P-](F)(F)(F)(F)F.N=Nc1ccc(CO)cc1. The van der Waals surface area contributed by atoms with Gasteiger partial charge in [0.05, 0.1) is 12.3 Å². The van der Waals surface area contributed by atoms with E-state index in [2.05, 4.69) is 5.11 Å². The maximum absolute atomic E-state index is 10.7. The third-order valence-corrected chi connectivity index (χ3v) is 1.25. The molecule has 2 N–H and O–H groups in total. The predicted octanol–water partition coefficient (Wildman–Crippen LogP) is 5.22. The number of rotatable bonds is 2. The van der Waals surface area contributed by atoms with E-state index in [1.807, 2.05) is 0 Å². The van der Waals surface area contributed by atoms with Crippen LogP contribution in [-0.4, -0.2) is 5.11 Å². The second-order valence-corrected chi connectivity index (χ2v) is 4.81. The molecular formula is C7H8F6N2OP-. The molecule has 17 heavy (non-hydrogen) atoms. The minimum absolute atomic E-state index is 0.0400. The van der Waals surface area contributed by atoms with Crippen LogP contribution in [-0.2, 0) is 6.61 Å². The summed E-state index contributed by atoms with van der Waals surface area (Å²) in [4.78, 5) is 0.